The summed E-state index contributed by atoms with van der Waals surface area (Å²) < 4.78 is 5.26. The topological polar surface area (TPSA) is 62.9 Å². The van der Waals surface area contributed by atoms with E-state index in [2.05, 4.69) is 22.1 Å². The summed E-state index contributed by atoms with van der Waals surface area (Å²) in [6.45, 7) is 4.96. The lowest BCUT2D eigenvalue weighted by molar-refractivity contribution is 0.286. The van der Waals surface area contributed by atoms with Gasteiger partial charge in [0, 0.05) is 12.6 Å². The lowest BCUT2D eigenvalue weighted by atomic mass is 10.3. The molecule has 0 amide bonds. The van der Waals surface area contributed by atoms with Gasteiger partial charge in [0.2, 0.25) is 0 Å². The van der Waals surface area contributed by atoms with E-state index in [1.165, 1.54) is 12.8 Å². The molecule has 1 aromatic carbocycles. The van der Waals surface area contributed by atoms with Crippen LogP contribution in [-0.2, 0) is 0 Å². The quantitative estimate of drug-likeness (QED) is 0.417. The molecule has 5 nitrogen and oxygen atoms in total. The minimum absolute atomic E-state index is 0. The van der Waals surface area contributed by atoms with Crippen molar-refractivity contribution in [2.45, 2.75) is 25.8 Å². The van der Waals surface area contributed by atoms with Gasteiger partial charge in [-0.05, 0) is 31.5 Å². The molecule has 1 aromatic rings. The van der Waals surface area contributed by atoms with Crippen LogP contribution in [0.5, 0.6) is 5.75 Å². The van der Waals surface area contributed by atoms with Crippen molar-refractivity contribution >= 4 is 35.6 Å². The Balaban J connectivity index is 0.00000220. The van der Waals surface area contributed by atoms with Crippen LogP contribution in [0, 0.1) is 0 Å². The van der Waals surface area contributed by atoms with Crippen LogP contribution < -0.4 is 15.8 Å². The molecule has 1 aliphatic carbocycles. The van der Waals surface area contributed by atoms with Crippen molar-refractivity contribution in [1.29, 1.82) is 0 Å². The number of halogens is 1. The smallest absolute Gasteiger partial charge is 0.193 e. The first-order valence-corrected chi connectivity index (χ1v) is 7.18. The fourth-order valence-electron chi connectivity index (χ4n) is 2.26. The molecule has 1 aliphatic rings. The number of aliphatic imine (C=N–C) groups is 1. The number of nitrogens with two attached hydrogens (primary N) is 1. The van der Waals surface area contributed by atoms with Crippen LogP contribution in [0.4, 0.5) is 5.69 Å². The number of ether oxygens (including phenoxy) is 1. The summed E-state index contributed by atoms with van der Waals surface area (Å²) in [6, 6.07) is 8.44. The monoisotopic (exact) mass is 404 g/mol. The standard InChI is InChI=1S/C15H24N4O.HI/c1-3-19(12-8-9-12)11-10-17-15(16)18-13-6-4-5-7-14(13)20-2;/h4-7,12H,3,8-11H2,1-2H3,(H3,16,17,18);1H. The molecule has 6 heteroatoms. The molecular formula is C15H25IN4O. The molecular weight excluding hydrogens is 379 g/mol. The van der Waals surface area contributed by atoms with Gasteiger partial charge in [-0.2, -0.15) is 0 Å². The molecule has 0 aliphatic heterocycles. The van der Waals surface area contributed by atoms with Crippen molar-refractivity contribution in [3.63, 3.8) is 0 Å². The first-order valence-electron chi connectivity index (χ1n) is 7.18. The maximum atomic E-state index is 5.91. The molecule has 0 unspecified atom stereocenters. The SMILES string of the molecule is CCN(CCN=C(N)Nc1ccccc1OC)C1CC1.I. The van der Waals surface area contributed by atoms with Crippen LogP contribution in [0.3, 0.4) is 0 Å². The Morgan fingerprint density at radius 1 is 1.43 bits per heavy atom. The number of hydrogen-bond donors (Lipinski definition) is 2. The second-order valence-corrected chi connectivity index (χ2v) is 4.95. The molecule has 0 bridgehead atoms. The molecule has 21 heavy (non-hydrogen) atoms. The molecule has 0 spiro atoms. The Bertz CT molecular complexity index is 463. The van der Waals surface area contributed by atoms with Crippen molar-refractivity contribution < 1.29 is 4.74 Å². The second-order valence-electron chi connectivity index (χ2n) is 4.95. The van der Waals surface area contributed by atoms with Crippen LogP contribution in [0.1, 0.15) is 19.8 Å². The second kappa shape index (κ2) is 9.09. The van der Waals surface area contributed by atoms with Crippen molar-refractivity contribution in [2.75, 3.05) is 32.1 Å². The molecule has 0 radical (unpaired) electrons. The van der Waals surface area contributed by atoms with Crippen LogP contribution in [-0.4, -0.2) is 43.6 Å². The fraction of sp³-hybridized carbons (Fsp3) is 0.533. The predicted molar refractivity (Wildman–Crippen MR) is 98.8 cm³/mol. The third-order valence-corrected chi connectivity index (χ3v) is 3.51. The zero-order valence-corrected chi connectivity index (χ0v) is 15.0. The molecule has 1 fully saturated rings. The zero-order valence-electron chi connectivity index (χ0n) is 12.7. The van der Waals surface area contributed by atoms with E-state index in [0.29, 0.717) is 5.96 Å². The van der Waals surface area contributed by atoms with Gasteiger partial charge in [0.25, 0.3) is 0 Å². The van der Waals surface area contributed by atoms with E-state index < -0.39 is 0 Å². The van der Waals surface area contributed by atoms with Crippen LogP contribution in [0.15, 0.2) is 29.3 Å². The molecule has 3 N–H and O–H groups in total. The number of guanidine groups is 1. The third kappa shape index (κ3) is 5.70. The summed E-state index contributed by atoms with van der Waals surface area (Å²) in [5.74, 6) is 1.19. The molecule has 0 aromatic heterocycles. The average Bonchev–Trinajstić information content (AvgIpc) is 3.29. The van der Waals surface area contributed by atoms with E-state index in [4.69, 9.17) is 10.5 Å². The molecule has 2 rings (SSSR count). The number of nitrogens with one attached hydrogen (secondary N) is 1. The summed E-state index contributed by atoms with van der Waals surface area (Å²) in [6.07, 6.45) is 2.65. The minimum Gasteiger partial charge on any atom is -0.495 e. The maximum Gasteiger partial charge on any atom is 0.193 e. The van der Waals surface area contributed by atoms with Crippen LogP contribution in [0.25, 0.3) is 0 Å². The average molecular weight is 404 g/mol. The minimum atomic E-state index is 0. The van der Waals surface area contributed by atoms with Crippen molar-refractivity contribution in [3.8, 4) is 5.75 Å². The fourth-order valence-corrected chi connectivity index (χ4v) is 2.26. The first kappa shape index (κ1) is 18.0. The lowest BCUT2D eigenvalue weighted by Crippen LogP contribution is -2.30. The van der Waals surface area contributed by atoms with Gasteiger partial charge in [0.05, 0.1) is 19.3 Å². The van der Waals surface area contributed by atoms with Crippen molar-refractivity contribution in [2.24, 2.45) is 10.7 Å². The lowest BCUT2D eigenvalue weighted by Gasteiger charge is -2.18. The number of rotatable bonds is 7. The van der Waals surface area contributed by atoms with Crippen molar-refractivity contribution in [3.05, 3.63) is 24.3 Å². The van der Waals surface area contributed by atoms with Gasteiger partial charge in [-0.3, -0.25) is 9.89 Å². The Morgan fingerprint density at radius 3 is 2.76 bits per heavy atom. The Morgan fingerprint density at radius 2 is 2.14 bits per heavy atom. The van der Waals surface area contributed by atoms with Crippen molar-refractivity contribution in [1.82, 2.24) is 4.90 Å². The first-order chi connectivity index (χ1) is 9.74. The van der Waals surface area contributed by atoms with Gasteiger partial charge in [-0.25, -0.2) is 0 Å². The highest BCUT2D eigenvalue weighted by molar-refractivity contribution is 14.0. The molecule has 0 atom stereocenters. The number of likely N-dealkylation sites (N-methyl/N-ethyl adjacent to an activating group) is 1. The predicted octanol–water partition coefficient (Wildman–Crippen LogP) is 2.52. The van der Waals surface area contributed by atoms with Gasteiger partial charge in [0.1, 0.15) is 5.75 Å². The van der Waals surface area contributed by atoms with Gasteiger partial charge in [-0.15, -0.1) is 24.0 Å². The van der Waals surface area contributed by atoms with Gasteiger partial charge in [0.15, 0.2) is 5.96 Å². The summed E-state index contributed by atoms with van der Waals surface area (Å²) in [4.78, 5) is 6.84. The normalized spacial score (nSPS) is 14.7. The van der Waals surface area contributed by atoms with E-state index in [1.807, 2.05) is 24.3 Å². The number of anilines is 1. The number of para-hydroxylation sites is 2. The van der Waals surface area contributed by atoms with Crippen LogP contribution >= 0.6 is 24.0 Å². The van der Waals surface area contributed by atoms with E-state index in [1.54, 1.807) is 7.11 Å². The number of hydrogen-bond acceptors (Lipinski definition) is 3. The van der Waals surface area contributed by atoms with E-state index >= 15 is 0 Å². The Kier molecular flexibility index (Phi) is 7.81. The Labute approximate surface area is 144 Å². The van der Waals surface area contributed by atoms with Gasteiger partial charge < -0.3 is 15.8 Å². The maximum absolute atomic E-state index is 5.91. The highest BCUT2D eigenvalue weighted by Crippen LogP contribution is 2.26. The van der Waals surface area contributed by atoms with Gasteiger partial charge >= 0.3 is 0 Å². The largest absolute Gasteiger partial charge is 0.495 e. The number of benzene rings is 1. The molecule has 1 saturated carbocycles. The van der Waals surface area contributed by atoms with E-state index in [-0.39, 0.29) is 24.0 Å². The summed E-state index contributed by atoms with van der Waals surface area (Å²) in [7, 11) is 1.64. The summed E-state index contributed by atoms with van der Waals surface area (Å²) >= 11 is 0. The zero-order chi connectivity index (χ0) is 14.4. The molecule has 0 heterocycles. The molecule has 0 saturated heterocycles. The van der Waals surface area contributed by atoms with E-state index in [0.717, 1.165) is 37.1 Å². The summed E-state index contributed by atoms with van der Waals surface area (Å²) in [5, 5.41) is 3.08. The third-order valence-electron chi connectivity index (χ3n) is 3.51. The van der Waals surface area contributed by atoms with E-state index in [9.17, 15) is 0 Å². The van der Waals surface area contributed by atoms with Gasteiger partial charge in [-0.1, -0.05) is 19.1 Å². The Hall–Kier alpha value is -1.02. The molecule has 118 valence electrons. The summed E-state index contributed by atoms with van der Waals surface area (Å²) in [5.41, 5.74) is 6.75. The van der Waals surface area contributed by atoms with Crippen LogP contribution in [0.2, 0.25) is 0 Å². The number of nitrogens with zero attached hydrogens (tertiary/aromatic N) is 2. The highest BCUT2D eigenvalue weighted by atomic mass is 127. The number of methoxy groups -OCH3 is 1. The highest BCUT2D eigenvalue weighted by Gasteiger charge is 2.26.